The van der Waals surface area contributed by atoms with Crippen LogP contribution in [0.2, 0.25) is 0 Å². The Hall–Kier alpha value is -4.67. The first-order valence-corrected chi connectivity index (χ1v) is 17.6. The van der Waals surface area contributed by atoms with Gasteiger partial charge in [-0.2, -0.15) is 0 Å². The molecule has 0 N–H and O–H groups in total. The van der Waals surface area contributed by atoms with Crippen molar-refractivity contribution in [1.29, 1.82) is 0 Å². The van der Waals surface area contributed by atoms with Crippen LogP contribution < -0.4 is 0 Å². The van der Waals surface area contributed by atoms with Gasteiger partial charge in [0.25, 0.3) is 0 Å². The van der Waals surface area contributed by atoms with E-state index in [1.165, 1.54) is 62.4 Å². The molecule has 0 atom stereocenters. The fourth-order valence-corrected chi connectivity index (χ4v) is 7.16. The molecule has 0 bridgehead atoms. The van der Waals surface area contributed by atoms with Gasteiger partial charge in [0.2, 0.25) is 0 Å². The maximum absolute atomic E-state index is 7.28. The van der Waals surface area contributed by atoms with Gasteiger partial charge in [-0.15, -0.1) is 46.8 Å². The van der Waals surface area contributed by atoms with Gasteiger partial charge in [0.15, 0.2) is 0 Å². The van der Waals surface area contributed by atoms with Gasteiger partial charge in [0.1, 0.15) is 0 Å². The molecule has 51 heavy (non-hydrogen) atoms. The van der Waals surface area contributed by atoms with Crippen molar-refractivity contribution in [2.45, 2.75) is 53.2 Å². The Kier molecular flexibility index (Phi) is 8.92. The van der Waals surface area contributed by atoms with Crippen molar-refractivity contribution in [3.05, 3.63) is 161 Å². The Morgan fingerprint density at radius 1 is 0.725 bits per heavy atom. The summed E-state index contributed by atoms with van der Waals surface area (Å²) >= 11 is 1.67. The van der Waals surface area contributed by atoms with Crippen LogP contribution >= 0.6 is 11.3 Å². The maximum Gasteiger partial charge on any atom is 0.0774 e. The predicted molar refractivity (Wildman–Crippen MR) is 212 cm³/mol. The summed E-state index contributed by atoms with van der Waals surface area (Å²) < 4.78 is 47.3. The van der Waals surface area contributed by atoms with E-state index in [9.17, 15) is 0 Å². The average molecular weight is 866 g/mol. The fourth-order valence-electron chi connectivity index (χ4n) is 6.28. The largest absolute Gasteiger partial charge is 0.333 e. The van der Waals surface area contributed by atoms with Crippen LogP contribution in [0.5, 0.6) is 0 Å². The monoisotopic (exact) mass is 866 g/mol. The number of imidazole rings is 1. The number of fused-ring (bicyclic) bond motifs is 2. The molecule has 0 fully saturated rings. The molecule has 0 aliphatic carbocycles. The second-order valence-corrected chi connectivity index (χ2v) is 13.8. The summed E-state index contributed by atoms with van der Waals surface area (Å²) in [4.78, 5) is 9.28. The normalized spacial score (nSPS) is 13.4. The minimum absolute atomic E-state index is 0. The third kappa shape index (κ3) is 7.53. The number of benzene rings is 5. The number of hydrogen-bond acceptors (Lipinski definition) is 3. The minimum atomic E-state index is -2.18. The number of hydrogen-bond donors (Lipinski definition) is 0. The summed E-state index contributed by atoms with van der Waals surface area (Å²) in [6.45, 7) is 4.77. The zero-order chi connectivity index (χ0) is 39.8. The molecule has 0 saturated heterocycles. The zero-order valence-electron chi connectivity index (χ0n) is 34.9. The molecule has 0 unspecified atom stereocenters. The van der Waals surface area contributed by atoms with Gasteiger partial charge in [-0.3, -0.25) is 16.3 Å². The molecular formula is C46H41IrN3S-2. The quantitative estimate of drug-likeness (QED) is 0.156. The Labute approximate surface area is 327 Å². The summed E-state index contributed by atoms with van der Waals surface area (Å²) in [5, 5.41) is 4.83. The van der Waals surface area contributed by atoms with E-state index in [1.54, 1.807) is 23.5 Å². The van der Waals surface area contributed by atoms with Crippen molar-refractivity contribution in [2.75, 3.05) is 0 Å². The molecule has 0 spiro atoms. The number of pyridine rings is 1. The van der Waals surface area contributed by atoms with Gasteiger partial charge < -0.3 is 9.55 Å². The molecule has 0 aliphatic rings. The van der Waals surface area contributed by atoms with E-state index in [1.807, 2.05) is 0 Å². The van der Waals surface area contributed by atoms with Crippen molar-refractivity contribution in [2.24, 2.45) is 0 Å². The summed E-state index contributed by atoms with van der Waals surface area (Å²) in [7, 11) is 0. The summed E-state index contributed by atoms with van der Waals surface area (Å²) in [6, 6.07) is 43.0. The molecule has 5 heteroatoms. The first-order chi connectivity index (χ1) is 26.7. The van der Waals surface area contributed by atoms with Gasteiger partial charge in [0, 0.05) is 40.2 Å². The molecule has 5 aromatic carbocycles. The summed E-state index contributed by atoms with van der Waals surface area (Å²) in [5.41, 5.74) is 11.2. The Morgan fingerprint density at radius 2 is 1.45 bits per heavy atom. The maximum atomic E-state index is 7.28. The molecule has 0 saturated carbocycles. The van der Waals surface area contributed by atoms with Crippen LogP contribution in [0.3, 0.4) is 0 Å². The van der Waals surface area contributed by atoms with Crippen LogP contribution in [-0.2, 0) is 20.1 Å². The molecule has 3 nitrogen and oxygen atoms in total. The molecule has 257 valence electrons. The molecule has 1 radical (unpaired) electrons. The second kappa shape index (κ2) is 15.7. The number of para-hydroxylation sites is 3. The third-order valence-electron chi connectivity index (χ3n) is 8.82. The average Bonchev–Trinajstić information content (AvgIpc) is 3.79. The van der Waals surface area contributed by atoms with Crippen LogP contribution in [0.4, 0.5) is 0 Å². The van der Waals surface area contributed by atoms with Crippen molar-refractivity contribution >= 4 is 32.5 Å². The number of aromatic nitrogens is 3. The molecular weight excluding hydrogens is 819 g/mol. The van der Waals surface area contributed by atoms with Gasteiger partial charge in [-0.05, 0) is 64.3 Å². The van der Waals surface area contributed by atoms with E-state index in [4.69, 9.17) is 13.2 Å². The first-order valence-electron chi connectivity index (χ1n) is 19.8. The van der Waals surface area contributed by atoms with Crippen LogP contribution in [-0.4, -0.2) is 14.5 Å². The number of thiophene rings is 1. The molecule has 8 aromatic rings. The first kappa shape index (κ1) is 29.0. The number of nitrogens with zero attached hydrogens (tertiary/aromatic N) is 3. The van der Waals surface area contributed by atoms with Crippen LogP contribution in [0.25, 0.3) is 60.6 Å². The summed E-state index contributed by atoms with van der Waals surface area (Å²) in [6.07, 6.45) is 1.30. The van der Waals surface area contributed by atoms with E-state index in [-0.39, 0.29) is 31.2 Å². The standard InChI is InChI=1S/C33H29N2S.C13H12N.Ir/c1-21(2)25-13-10-14-26(22(3)4)32(25)35-30-16-9-8-15-29(30)34-33(35)28-20-36-31-19-24(17-18-27(28)31)23-11-6-5-7-12-23;1-10-3-6-12(7-4-10)13-8-5-11(2)9-14-13;/h5-19,21-22H,1-4H3;3-6,8-9H,1-2H3;/q2*-1;/i;1D3,2D3;. The molecule has 8 rings (SSSR count). The van der Waals surface area contributed by atoms with E-state index < -0.39 is 13.7 Å². The third-order valence-corrected chi connectivity index (χ3v) is 9.69. The zero-order valence-corrected chi connectivity index (χ0v) is 32.1. The van der Waals surface area contributed by atoms with Gasteiger partial charge in [-0.1, -0.05) is 135 Å². The van der Waals surface area contributed by atoms with E-state index in [2.05, 4.69) is 140 Å². The van der Waals surface area contributed by atoms with Crippen LogP contribution in [0, 0.1) is 25.2 Å². The SMILES string of the molecule is CC(C)c1cccc(C(C)C)c1-n1c(-c2[c-]sc3cc(-c4ccccc4)ccc23)nc2ccccc21.[2H]C([2H])([2H])c1c[c-]c(-c2ccc(C([2H])([2H])[2H])cn2)cc1.[Ir]. The topological polar surface area (TPSA) is 30.7 Å². The Bertz CT molecular complexity index is 2530. The fraction of sp³-hybridized carbons (Fsp3) is 0.174. The van der Waals surface area contributed by atoms with Crippen molar-refractivity contribution < 1.29 is 28.3 Å². The molecule has 3 aromatic heterocycles. The van der Waals surface area contributed by atoms with Crippen molar-refractivity contribution in [1.82, 2.24) is 14.5 Å². The van der Waals surface area contributed by atoms with Gasteiger partial charge in [-0.25, -0.2) is 0 Å². The van der Waals surface area contributed by atoms with Gasteiger partial charge in [0.05, 0.1) is 16.9 Å². The van der Waals surface area contributed by atoms with Crippen LogP contribution in [0.1, 0.15) is 70.0 Å². The van der Waals surface area contributed by atoms with Crippen LogP contribution in [0.15, 0.2) is 128 Å². The van der Waals surface area contributed by atoms with Gasteiger partial charge >= 0.3 is 0 Å². The minimum Gasteiger partial charge on any atom is -0.333 e. The van der Waals surface area contributed by atoms with E-state index >= 15 is 0 Å². The molecule has 0 aliphatic heterocycles. The van der Waals surface area contributed by atoms with Crippen molar-refractivity contribution in [3.63, 3.8) is 0 Å². The van der Waals surface area contributed by atoms with Crippen molar-refractivity contribution in [3.8, 4) is 39.5 Å². The second-order valence-electron chi connectivity index (χ2n) is 12.9. The predicted octanol–water partition coefficient (Wildman–Crippen LogP) is 12.8. The number of rotatable bonds is 6. The Morgan fingerprint density at radius 3 is 2.12 bits per heavy atom. The number of aryl methyl sites for hydroxylation is 2. The molecule has 0 amide bonds. The summed E-state index contributed by atoms with van der Waals surface area (Å²) in [5.74, 6) is 1.75. The molecule has 3 heterocycles. The Balaban J connectivity index is 0.000000223. The van der Waals surface area contributed by atoms with E-state index in [0.29, 0.717) is 23.1 Å². The van der Waals surface area contributed by atoms with E-state index in [0.717, 1.165) is 22.4 Å². The smallest absolute Gasteiger partial charge is 0.0774 e.